The number of ether oxygens (including phenoxy) is 1. The highest BCUT2D eigenvalue weighted by molar-refractivity contribution is 6.33. The molecule has 2 rings (SSSR count). The zero-order valence-electron chi connectivity index (χ0n) is 12.8. The average molecular weight is 345 g/mol. The molecule has 1 amide bonds. The lowest BCUT2D eigenvalue weighted by atomic mass is 10.0. The second-order valence-electron chi connectivity index (χ2n) is 5.59. The number of hydrogen-bond acceptors (Lipinski definition) is 3. The van der Waals surface area contributed by atoms with Crippen LogP contribution in [0.3, 0.4) is 0 Å². The summed E-state index contributed by atoms with van der Waals surface area (Å²) in [6.07, 6.45) is 2.21. The van der Waals surface area contributed by atoms with Crippen LogP contribution >= 0.6 is 23.2 Å². The standard InChI is InChI=1S/C16H22Cl2N2O2/c1-22-9-8-20-6-4-14(5-7-20)19-16(21)11-12-10-13(17)2-3-15(12)18/h2-3,10,14H,4-9,11H2,1H3,(H,19,21). The molecule has 1 N–H and O–H groups in total. The van der Waals surface area contributed by atoms with Crippen LogP contribution in [0.2, 0.25) is 10.0 Å². The maximum Gasteiger partial charge on any atom is 0.224 e. The third-order valence-corrected chi connectivity index (χ3v) is 4.53. The van der Waals surface area contributed by atoms with E-state index in [0.29, 0.717) is 10.0 Å². The number of nitrogens with zero attached hydrogens (tertiary/aromatic N) is 1. The van der Waals surface area contributed by atoms with Crippen LogP contribution in [0, 0.1) is 0 Å². The number of methoxy groups -OCH3 is 1. The molecule has 0 unspecified atom stereocenters. The number of carbonyl (C=O) groups is 1. The van der Waals surface area contributed by atoms with Crippen molar-refractivity contribution < 1.29 is 9.53 Å². The van der Waals surface area contributed by atoms with Gasteiger partial charge in [0.25, 0.3) is 0 Å². The largest absolute Gasteiger partial charge is 0.383 e. The third kappa shape index (κ3) is 5.43. The molecule has 0 radical (unpaired) electrons. The number of hydrogen-bond donors (Lipinski definition) is 1. The second kappa shape index (κ2) is 8.73. The summed E-state index contributed by atoms with van der Waals surface area (Å²) in [7, 11) is 1.72. The van der Waals surface area contributed by atoms with Crippen molar-refractivity contribution >= 4 is 29.1 Å². The van der Waals surface area contributed by atoms with E-state index in [1.54, 1.807) is 25.3 Å². The number of benzene rings is 1. The lowest BCUT2D eigenvalue weighted by molar-refractivity contribution is -0.121. The van der Waals surface area contributed by atoms with Crippen molar-refractivity contribution in [3.8, 4) is 0 Å². The maximum absolute atomic E-state index is 12.2. The van der Waals surface area contributed by atoms with Crippen molar-refractivity contribution in [2.45, 2.75) is 25.3 Å². The van der Waals surface area contributed by atoms with E-state index in [1.165, 1.54) is 0 Å². The fourth-order valence-corrected chi connectivity index (χ4v) is 3.03. The summed E-state index contributed by atoms with van der Waals surface area (Å²) in [6.45, 7) is 3.69. The van der Waals surface area contributed by atoms with Crippen molar-refractivity contribution in [1.29, 1.82) is 0 Å². The van der Waals surface area contributed by atoms with Gasteiger partial charge in [0.2, 0.25) is 5.91 Å². The van der Waals surface area contributed by atoms with Crippen LogP contribution < -0.4 is 5.32 Å². The van der Waals surface area contributed by atoms with E-state index >= 15 is 0 Å². The Morgan fingerprint density at radius 2 is 2.09 bits per heavy atom. The number of carbonyl (C=O) groups excluding carboxylic acids is 1. The Hall–Kier alpha value is -0.810. The molecule has 0 atom stereocenters. The smallest absolute Gasteiger partial charge is 0.224 e. The third-order valence-electron chi connectivity index (χ3n) is 3.92. The molecule has 0 saturated carbocycles. The van der Waals surface area contributed by atoms with Gasteiger partial charge in [-0.2, -0.15) is 0 Å². The molecule has 0 spiro atoms. The van der Waals surface area contributed by atoms with Gasteiger partial charge in [-0.15, -0.1) is 0 Å². The molecule has 1 aliphatic rings. The monoisotopic (exact) mass is 344 g/mol. The number of piperidine rings is 1. The van der Waals surface area contributed by atoms with Crippen LogP contribution in [0.15, 0.2) is 18.2 Å². The van der Waals surface area contributed by atoms with E-state index in [4.69, 9.17) is 27.9 Å². The Kier molecular flexibility index (Phi) is 6.96. The molecular weight excluding hydrogens is 323 g/mol. The highest BCUT2D eigenvalue weighted by Gasteiger charge is 2.20. The zero-order valence-corrected chi connectivity index (χ0v) is 14.3. The highest BCUT2D eigenvalue weighted by Crippen LogP contribution is 2.21. The molecular formula is C16H22Cl2N2O2. The summed E-state index contributed by atoms with van der Waals surface area (Å²) >= 11 is 12.0. The van der Waals surface area contributed by atoms with E-state index in [0.717, 1.165) is 44.6 Å². The summed E-state index contributed by atoms with van der Waals surface area (Å²) in [5.74, 6) is -0.000455. The van der Waals surface area contributed by atoms with Crippen LogP contribution in [0.4, 0.5) is 0 Å². The molecule has 1 heterocycles. The number of likely N-dealkylation sites (tertiary alicyclic amines) is 1. The maximum atomic E-state index is 12.2. The molecule has 6 heteroatoms. The molecule has 1 aliphatic heterocycles. The summed E-state index contributed by atoms with van der Waals surface area (Å²) in [5.41, 5.74) is 0.768. The Bertz CT molecular complexity index is 503. The van der Waals surface area contributed by atoms with Gasteiger partial charge < -0.3 is 15.0 Å². The highest BCUT2D eigenvalue weighted by atomic mass is 35.5. The summed E-state index contributed by atoms with van der Waals surface area (Å²) in [4.78, 5) is 14.5. The zero-order chi connectivity index (χ0) is 15.9. The fourth-order valence-electron chi connectivity index (χ4n) is 2.65. The quantitative estimate of drug-likeness (QED) is 0.862. The summed E-state index contributed by atoms with van der Waals surface area (Å²) in [5, 5.41) is 4.27. The van der Waals surface area contributed by atoms with Crippen molar-refractivity contribution in [1.82, 2.24) is 10.2 Å². The predicted octanol–water partition coefficient (Wildman–Crippen LogP) is 2.76. The van der Waals surface area contributed by atoms with Crippen molar-refractivity contribution in [3.05, 3.63) is 33.8 Å². The lowest BCUT2D eigenvalue weighted by Crippen LogP contribution is -2.45. The van der Waals surface area contributed by atoms with Crippen LogP contribution in [-0.4, -0.2) is 50.2 Å². The van der Waals surface area contributed by atoms with Gasteiger partial charge in [-0.1, -0.05) is 23.2 Å². The summed E-state index contributed by atoms with van der Waals surface area (Å²) in [6, 6.07) is 5.43. The molecule has 1 aromatic rings. The van der Waals surface area contributed by atoms with Crippen LogP contribution in [-0.2, 0) is 16.0 Å². The normalized spacial score (nSPS) is 16.7. The minimum atomic E-state index is -0.000455. The van der Waals surface area contributed by atoms with Crippen LogP contribution in [0.1, 0.15) is 18.4 Å². The summed E-state index contributed by atoms with van der Waals surface area (Å²) < 4.78 is 5.09. The Balaban J connectivity index is 1.77. The molecule has 0 bridgehead atoms. The van der Waals surface area contributed by atoms with Gasteiger partial charge in [0.05, 0.1) is 13.0 Å². The molecule has 1 saturated heterocycles. The Morgan fingerprint density at radius 1 is 1.36 bits per heavy atom. The molecule has 1 fully saturated rings. The first-order valence-electron chi connectivity index (χ1n) is 7.53. The molecule has 122 valence electrons. The molecule has 4 nitrogen and oxygen atoms in total. The van der Waals surface area contributed by atoms with Crippen molar-refractivity contribution in [2.24, 2.45) is 0 Å². The lowest BCUT2D eigenvalue weighted by Gasteiger charge is -2.32. The van der Waals surface area contributed by atoms with E-state index in [1.807, 2.05) is 0 Å². The van der Waals surface area contributed by atoms with Gasteiger partial charge in [0.15, 0.2) is 0 Å². The average Bonchev–Trinajstić information content (AvgIpc) is 2.50. The first-order chi connectivity index (χ1) is 10.6. The van der Waals surface area contributed by atoms with E-state index in [2.05, 4.69) is 10.2 Å². The van der Waals surface area contributed by atoms with Gasteiger partial charge in [-0.05, 0) is 36.6 Å². The Morgan fingerprint density at radius 3 is 2.77 bits per heavy atom. The van der Waals surface area contributed by atoms with Crippen LogP contribution in [0.25, 0.3) is 0 Å². The van der Waals surface area contributed by atoms with Gasteiger partial charge >= 0.3 is 0 Å². The number of rotatable bonds is 6. The minimum Gasteiger partial charge on any atom is -0.383 e. The Labute approximate surface area is 141 Å². The molecule has 0 aromatic heterocycles. The van der Waals surface area contributed by atoms with Gasteiger partial charge in [-0.3, -0.25) is 4.79 Å². The molecule has 22 heavy (non-hydrogen) atoms. The first kappa shape index (κ1) is 17.5. The van der Waals surface area contributed by atoms with Crippen LogP contribution in [0.5, 0.6) is 0 Å². The predicted molar refractivity (Wildman–Crippen MR) is 89.6 cm³/mol. The number of nitrogens with one attached hydrogen (secondary N) is 1. The van der Waals surface area contributed by atoms with E-state index in [9.17, 15) is 4.79 Å². The second-order valence-corrected chi connectivity index (χ2v) is 6.43. The van der Waals surface area contributed by atoms with Crippen molar-refractivity contribution in [2.75, 3.05) is 33.4 Å². The van der Waals surface area contributed by atoms with Gasteiger partial charge in [0, 0.05) is 42.8 Å². The van der Waals surface area contributed by atoms with E-state index < -0.39 is 0 Å². The molecule has 1 aromatic carbocycles. The topological polar surface area (TPSA) is 41.6 Å². The van der Waals surface area contributed by atoms with Crippen molar-refractivity contribution in [3.63, 3.8) is 0 Å². The minimum absolute atomic E-state index is 0.000455. The number of amides is 1. The molecule has 0 aliphatic carbocycles. The van der Waals surface area contributed by atoms with Gasteiger partial charge in [0.1, 0.15) is 0 Å². The first-order valence-corrected chi connectivity index (χ1v) is 8.28. The van der Waals surface area contributed by atoms with Gasteiger partial charge in [-0.25, -0.2) is 0 Å². The SMILES string of the molecule is COCCN1CCC(NC(=O)Cc2cc(Cl)ccc2Cl)CC1. The van der Waals surface area contributed by atoms with E-state index in [-0.39, 0.29) is 18.4 Å². The number of halogens is 2. The fraction of sp³-hybridized carbons (Fsp3) is 0.562.